The van der Waals surface area contributed by atoms with Crippen molar-refractivity contribution < 1.29 is 13.2 Å². The van der Waals surface area contributed by atoms with E-state index in [1.54, 1.807) is 12.1 Å². The maximum absolute atomic E-state index is 13.2. The average molecular weight is 532 g/mol. The lowest BCUT2D eigenvalue weighted by atomic mass is 10.1. The monoisotopic (exact) mass is 531 g/mol. The van der Waals surface area contributed by atoms with E-state index >= 15 is 0 Å². The first-order valence-corrected chi connectivity index (χ1v) is 13.8. The third-order valence-electron chi connectivity index (χ3n) is 6.60. The van der Waals surface area contributed by atoms with E-state index in [0.29, 0.717) is 11.4 Å². The summed E-state index contributed by atoms with van der Waals surface area (Å²) >= 11 is 6.32. The molecule has 6 nitrogen and oxygen atoms in total. The van der Waals surface area contributed by atoms with Crippen molar-refractivity contribution in [3.63, 3.8) is 0 Å². The van der Waals surface area contributed by atoms with Gasteiger partial charge in [0.25, 0.3) is 15.9 Å². The molecule has 0 spiro atoms. The standard InChI is InChI=1S/C29H26ClN3O3S/c1-4-33-27-8-6-5-7-23(27)24-16-20(11-14-28(24)33)31-29(34)25-17-22(12-13-26(25)30)37(35,36)32-21-10-9-18(2)19(3)15-21/h5-17,32H,4H2,1-3H3,(H,31,34). The first kappa shape index (κ1) is 24.9. The molecule has 188 valence electrons. The van der Waals surface area contributed by atoms with E-state index in [1.807, 2.05) is 50.2 Å². The molecule has 0 aliphatic heterocycles. The first-order valence-electron chi connectivity index (χ1n) is 11.9. The molecule has 5 rings (SSSR count). The van der Waals surface area contributed by atoms with Gasteiger partial charge in [0.1, 0.15) is 0 Å². The van der Waals surface area contributed by atoms with Crippen LogP contribution in [0, 0.1) is 13.8 Å². The average Bonchev–Trinajstić information content (AvgIpc) is 3.19. The molecule has 0 atom stereocenters. The number of para-hydroxylation sites is 1. The van der Waals surface area contributed by atoms with Crippen LogP contribution in [0.15, 0.2) is 83.8 Å². The quantitative estimate of drug-likeness (QED) is 0.244. The van der Waals surface area contributed by atoms with E-state index in [0.717, 1.165) is 39.5 Å². The van der Waals surface area contributed by atoms with Crippen LogP contribution < -0.4 is 10.0 Å². The van der Waals surface area contributed by atoms with Crippen molar-refractivity contribution >= 4 is 60.7 Å². The number of sulfonamides is 1. The molecular formula is C29H26ClN3O3S. The van der Waals surface area contributed by atoms with Crippen LogP contribution in [0.3, 0.4) is 0 Å². The number of anilines is 2. The van der Waals surface area contributed by atoms with E-state index in [9.17, 15) is 13.2 Å². The Morgan fingerprint density at radius 3 is 2.32 bits per heavy atom. The van der Waals surface area contributed by atoms with Crippen LogP contribution in [0.5, 0.6) is 0 Å². The molecule has 37 heavy (non-hydrogen) atoms. The Kier molecular flexibility index (Phi) is 6.43. The highest BCUT2D eigenvalue weighted by atomic mass is 35.5. The van der Waals surface area contributed by atoms with Gasteiger partial charge in [-0.2, -0.15) is 0 Å². The van der Waals surface area contributed by atoms with Crippen molar-refractivity contribution in [2.24, 2.45) is 0 Å². The van der Waals surface area contributed by atoms with Crippen LogP contribution in [0.25, 0.3) is 21.8 Å². The van der Waals surface area contributed by atoms with E-state index in [2.05, 4.69) is 33.7 Å². The number of carbonyl (C=O) groups excluding carboxylic acids is 1. The molecule has 4 aromatic carbocycles. The summed E-state index contributed by atoms with van der Waals surface area (Å²) in [7, 11) is -3.93. The lowest BCUT2D eigenvalue weighted by Crippen LogP contribution is -2.16. The summed E-state index contributed by atoms with van der Waals surface area (Å²) in [5, 5.41) is 5.16. The number of aryl methyl sites for hydroxylation is 3. The zero-order valence-corrected chi connectivity index (χ0v) is 22.2. The Bertz CT molecular complexity index is 1790. The third kappa shape index (κ3) is 4.68. The number of nitrogens with zero attached hydrogens (tertiary/aromatic N) is 1. The number of hydrogen-bond donors (Lipinski definition) is 2. The van der Waals surface area contributed by atoms with Gasteiger partial charge >= 0.3 is 0 Å². The number of hydrogen-bond acceptors (Lipinski definition) is 3. The second-order valence-corrected chi connectivity index (χ2v) is 11.1. The molecule has 0 radical (unpaired) electrons. The fraction of sp³-hybridized carbons (Fsp3) is 0.138. The molecule has 0 saturated carbocycles. The van der Waals surface area contributed by atoms with E-state index in [-0.39, 0.29) is 15.5 Å². The number of halogens is 1. The molecule has 0 bridgehead atoms. The summed E-state index contributed by atoms with van der Waals surface area (Å²) in [6.45, 7) is 6.79. The fourth-order valence-electron chi connectivity index (χ4n) is 4.54. The number of carbonyl (C=O) groups is 1. The summed E-state index contributed by atoms with van der Waals surface area (Å²) in [6, 6.07) is 23.3. The Labute approximate surface area is 220 Å². The van der Waals surface area contributed by atoms with Crippen LogP contribution >= 0.6 is 11.6 Å². The predicted molar refractivity (Wildman–Crippen MR) is 151 cm³/mol. The van der Waals surface area contributed by atoms with E-state index in [4.69, 9.17) is 11.6 Å². The normalized spacial score (nSPS) is 11.7. The molecule has 0 aliphatic rings. The van der Waals surface area contributed by atoms with Gasteiger partial charge in [-0.25, -0.2) is 8.42 Å². The molecular weight excluding hydrogens is 506 g/mol. The Hall–Kier alpha value is -3.81. The maximum atomic E-state index is 13.2. The zero-order chi connectivity index (χ0) is 26.3. The van der Waals surface area contributed by atoms with Crippen LogP contribution in [0.4, 0.5) is 11.4 Å². The van der Waals surface area contributed by atoms with Crippen molar-refractivity contribution in [3.8, 4) is 0 Å². The van der Waals surface area contributed by atoms with Gasteiger partial charge in [-0.1, -0.05) is 35.9 Å². The smallest absolute Gasteiger partial charge is 0.261 e. The zero-order valence-electron chi connectivity index (χ0n) is 20.7. The van der Waals surface area contributed by atoms with Gasteiger partial charge in [-0.3, -0.25) is 9.52 Å². The molecule has 1 aromatic heterocycles. The number of rotatable bonds is 6. The Balaban J connectivity index is 1.45. The van der Waals surface area contributed by atoms with E-state index in [1.165, 1.54) is 18.2 Å². The number of benzene rings is 4. The molecule has 1 amide bonds. The summed E-state index contributed by atoms with van der Waals surface area (Å²) in [6.07, 6.45) is 0. The molecule has 1 heterocycles. The van der Waals surface area contributed by atoms with Gasteiger partial charge in [0, 0.05) is 39.7 Å². The molecule has 8 heteroatoms. The van der Waals surface area contributed by atoms with Crippen LogP contribution in [0.2, 0.25) is 5.02 Å². The molecule has 0 aliphatic carbocycles. The second kappa shape index (κ2) is 9.57. The summed E-state index contributed by atoms with van der Waals surface area (Å²) < 4.78 is 30.9. The molecule has 2 N–H and O–H groups in total. The van der Waals surface area contributed by atoms with Crippen LogP contribution in [-0.4, -0.2) is 18.9 Å². The Morgan fingerprint density at radius 1 is 0.838 bits per heavy atom. The van der Waals surface area contributed by atoms with Gasteiger partial charge in [-0.05, 0) is 86.5 Å². The van der Waals surface area contributed by atoms with Crippen LogP contribution in [0.1, 0.15) is 28.4 Å². The summed E-state index contributed by atoms with van der Waals surface area (Å²) in [5.41, 5.74) is 5.34. The lowest BCUT2D eigenvalue weighted by Gasteiger charge is -2.12. The summed E-state index contributed by atoms with van der Waals surface area (Å²) in [4.78, 5) is 13.1. The maximum Gasteiger partial charge on any atom is 0.261 e. The van der Waals surface area contributed by atoms with Crippen molar-refractivity contribution in [1.82, 2.24) is 4.57 Å². The first-order chi connectivity index (χ1) is 17.7. The van der Waals surface area contributed by atoms with Gasteiger partial charge in [0.05, 0.1) is 15.5 Å². The van der Waals surface area contributed by atoms with Gasteiger partial charge < -0.3 is 9.88 Å². The van der Waals surface area contributed by atoms with Crippen molar-refractivity contribution in [2.75, 3.05) is 10.0 Å². The minimum Gasteiger partial charge on any atom is -0.341 e. The molecule has 0 fully saturated rings. The van der Waals surface area contributed by atoms with Crippen molar-refractivity contribution in [2.45, 2.75) is 32.2 Å². The summed E-state index contributed by atoms with van der Waals surface area (Å²) in [5.74, 6) is -0.494. The van der Waals surface area contributed by atoms with E-state index < -0.39 is 15.9 Å². The van der Waals surface area contributed by atoms with Crippen LogP contribution in [-0.2, 0) is 16.6 Å². The predicted octanol–water partition coefficient (Wildman–Crippen LogP) is 7.14. The highest BCUT2D eigenvalue weighted by molar-refractivity contribution is 7.92. The SMILES string of the molecule is CCn1c2ccccc2c2cc(NC(=O)c3cc(S(=O)(=O)Nc4ccc(C)c(C)c4)ccc3Cl)ccc21. The van der Waals surface area contributed by atoms with Gasteiger partial charge in [-0.15, -0.1) is 0 Å². The van der Waals surface area contributed by atoms with Gasteiger partial charge in [0.15, 0.2) is 0 Å². The highest BCUT2D eigenvalue weighted by Gasteiger charge is 2.20. The topological polar surface area (TPSA) is 80.2 Å². The molecule has 0 unspecified atom stereocenters. The minimum absolute atomic E-state index is 0.0539. The van der Waals surface area contributed by atoms with Gasteiger partial charge in [0.2, 0.25) is 0 Å². The largest absolute Gasteiger partial charge is 0.341 e. The number of nitrogens with one attached hydrogen (secondary N) is 2. The highest BCUT2D eigenvalue weighted by Crippen LogP contribution is 2.31. The Morgan fingerprint density at radius 2 is 1.57 bits per heavy atom. The lowest BCUT2D eigenvalue weighted by molar-refractivity contribution is 0.102. The van der Waals surface area contributed by atoms with Crippen molar-refractivity contribution in [1.29, 1.82) is 0 Å². The second-order valence-electron chi connectivity index (χ2n) is 8.99. The minimum atomic E-state index is -3.93. The number of amides is 1. The fourth-order valence-corrected chi connectivity index (χ4v) is 5.81. The third-order valence-corrected chi connectivity index (χ3v) is 8.31. The molecule has 0 saturated heterocycles. The molecule has 5 aromatic rings. The number of aromatic nitrogens is 1. The number of fused-ring (bicyclic) bond motifs is 3. The van der Waals surface area contributed by atoms with Crippen molar-refractivity contribution in [3.05, 3.63) is 101 Å².